The van der Waals surface area contributed by atoms with Gasteiger partial charge in [-0.1, -0.05) is 18.2 Å². The monoisotopic (exact) mass is 193 g/mol. The Kier molecular flexibility index (Phi) is 2.32. The van der Waals surface area contributed by atoms with Crippen LogP contribution in [0.2, 0.25) is 0 Å². The molecule has 0 aliphatic carbocycles. The van der Waals surface area contributed by atoms with Crippen molar-refractivity contribution in [1.29, 1.82) is 0 Å². The lowest BCUT2D eigenvalue weighted by atomic mass is 10.2. The van der Waals surface area contributed by atoms with Crippen molar-refractivity contribution >= 4 is 28.8 Å². The van der Waals surface area contributed by atoms with Crippen molar-refractivity contribution < 1.29 is 4.42 Å². The summed E-state index contributed by atoms with van der Waals surface area (Å²) in [4.78, 5) is 4.05. The SMILES string of the molecule is ClCC=Cc1ccc2ocnc2c1. The summed E-state index contributed by atoms with van der Waals surface area (Å²) < 4.78 is 5.12. The predicted octanol–water partition coefficient (Wildman–Crippen LogP) is 3.08. The molecular formula is C10H8ClNO. The Bertz CT molecular complexity index is 433. The highest BCUT2D eigenvalue weighted by Gasteiger charge is 1.96. The van der Waals surface area contributed by atoms with Crippen LogP contribution in [0.5, 0.6) is 0 Å². The molecule has 0 amide bonds. The van der Waals surface area contributed by atoms with E-state index in [9.17, 15) is 0 Å². The van der Waals surface area contributed by atoms with E-state index in [4.69, 9.17) is 16.0 Å². The maximum Gasteiger partial charge on any atom is 0.181 e. The van der Waals surface area contributed by atoms with Crippen LogP contribution >= 0.6 is 11.6 Å². The predicted molar refractivity (Wildman–Crippen MR) is 53.8 cm³/mol. The molecule has 0 aliphatic rings. The van der Waals surface area contributed by atoms with Gasteiger partial charge in [-0.15, -0.1) is 11.6 Å². The van der Waals surface area contributed by atoms with E-state index in [1.807, 2.05) is 30.4 Å². The average molecular weight is 194 g/mol. The van der Waals surface area contributed by atoms with Gasteiger partial charge in [-0.2, -0.15) is 0 Å². The molecule has 1 heterocycles. The minimum atomic E-state index is 0.525. The van der Waals surface area contributed by atoms with Crippen molar-refractivity contribution in [3.63, 3.8) is 0 Å². The first-order chi connectivity index (χ1) is 6.40. The van der Waals surface area contributed by atoms with Crippen LogP contribution in [0.25, 0.3) is 17.2 Å². The molecule has 0 atom stereocenters. The Hall–Kier alpha value is -1.28. The van der Waals surface area contributed by atoms with Crippen LogP contribution < -0.4 is 0 Å². The van der Waals surface area contributed by atoms with Crippen LogP contribution in [0.1, 0.15) is 5.56 Å². The zero-order valence-electron chi connectivity index (χ0n) is 6.90. The molecule has 2 aromatic rings. The zero-order chi connectivity index (χ0) is 9.10. The second kappa shape index (κ2) is 3.62. The number of oxazole rings is 1. The van der Waals surface area contributed by atoms with Crippen LogP contribution in [0, 0.1) is 0 Å². The fourth-order valence-electron chi connectivity index (χ4n) is 1.16. The van der Waals surface area contributed by atoms with Crippen molar-refractivity contribution in [2.45, 2.75) is 0 Å². The highest BCUT2D eigenvalue weighted by Crippen LogP contribution is 2.14. The average Bonchev–Trinajstić information content (AvgIpc) is 2.61. The van der Waals surface area contributed by atoms with E-state index >= 15 is 0 Å². The molecule has 0 aliphatic heterocycles. The normalized spacial score (nSPS) is 11.5. The number of hydrogen-bond donors (Lipinski definition) is 0. The van der Waals surface area contributed by atoms with E-state index < -0.39 is 0 Å². The Labute approximate surface area is 80.8 Å². The molecule has 0 N–H and O–H groups in total. The summed E-state index contributed by atoms with van der Waals surface area (Å²) in [5.74, 6) is 0.525. The van der Waals surface area contributed by atoms with Crippen molar-refractivity contribution in [1.82, 2.24) is 4.98 Å². The van der Waals surface area contributed by atoms with Gasteiger partial charge in [0.25, 0.3) is 0 Å². The first-order valence-corrected chi connectivity index (χ1v) is 4.49. The van der Waals surface area contributed by atoms with Crippen LogP contribution in [0.3, 0.4) is 0 Å². The van der Waals surface area contributed by atoms with E-state index in [1.165, 1.54) is 6.39 Å². The van der Waals surface area contributed by atoms with E-state index in [2.05, 4.69) is 4.98 Å². The second-order valence-electron chi connectivity index (χ2n) is 2.64. The van der Waals surface area contributed by atoms with E-state index in [0.717, 1.165) is 16.7 Å². The third-order valence-electron chi connectivity index (χ3n) is 1.75. The Morgan fingerprint density at radius 3 is 3.23 bits per heavy atom. The Balaban J connectivity index is 2.42. The number of rotatable bonds is 2. The molecule has 0 unspecified atom stereocenters. The number of nitrogens with zero attached hydrogens (tertiary/aromatic N) is 1. The van der Waals surface area contributed by atoms with E-state index in [1.54, 1.807) is 0 Å². The van der Waals surface area contributed by atoms with E-state index in [-0.39, 0.29) is 0 Å². The smallest absolute Gasteiger partial charge is 0.181 e. The van der Waals surface area contributed by atoms with Crippen LogP contribution in [-0.4, -0.2) is 10.9 Å². The first kappa shape index (κ1) is 8.32. The molecule has 0 saturated carbocycles. The molecule has 2 nitrogen and oxygen atoms in total. The zero-order valence-corrected chi connectivity index (χ0v) is 7.66. The molecule has 0 bridgehead atoms. The molecule has 66 valence electrons. The Morgan fingerprint density at radius 2 is 2.38 bits per heavy atom. The summed E-state index contributed by atoms with van der Waals surface area (Å²) in [6.07, 6.45) is 5.30. The van der Waals surface area contributed by atoms with Gasteiger partial charge in [0.2, 0.25) is 0 Å². The minimum absolute atomic E-state index is 0.525. The molecule has 3 heteroatoms. The topological polar surface area (TPSA) is 26.0 Å². The third-order valence-corrected chi connectivity index (χ3v) is 1.93. The molecule has 0 spiro atoms. The van der Waals surface area contributed by atoms with E-state index in [0.29, 0.717) is 5.88 Å². The van der Waals surface area contributed by atoms with Crippen molar-refractivity contribution in [2.75, 3.05) is 5.88 Å². The maximum atomic E-state index is 5.53. The lowest BCUT2D eigenvalue weighted by Gasteiger charge is -1.91. The number of fused-ring (bicyclic) bond motifs is 1. The molecule has 0 radical (unpaired) electrons. The van der Waals surface area contributed by atoms with Gasteiger partial charge in [-0.3, -0.25) is 0 Å². The van der Waals surface area contributed by atoms with Gasteiger partial charge in [0.15, 0.2) is 12.0 Å². The summed E-state index contributed by atoms with van der Waals surface area (Å²) in [6.45, 7) is 0. The van der Waals surface area contributed by atoms with Gasteiger partial charge in [0.1, 0.15) is 5.52 Å². The van der Waals surface area contributed by atoms with Crippen molar-refractivity contribution in [3.05, 3.63) is 36.2 Å². The molecule has 1 aromatic heterocycles. The van der Waals surface area contributed by atoms with Gasteiger partial charge in [-0.25, -0.2) is 4.98 Å². The number of halogens is 1. The maximum absolute atomic E-state index is 5.53. The quantitative estimate of drug-likeness (QED) is 0.686. The number of alkyl halides is 1. The number of aromatic nitrogens is 1. The summed E-state index contributed by atoms with van der Waals surface area (Å²) in [7, 11) is 0. The van der Waals surface area contributed by atoms with Crippen LogP contribution in [0.15, 0.2) is 35.1 Å². The molecular weight excluding hydrogens is 186 g/mol. The van der Waals surface area contributed by atoms with Crippen LogP contribution in [-0.2, 0) is 0 Å². The first-order valence-electron chi connectivity index (χ1n) is 3.96. The van der Waals surface area contributed by atoms with Crippen molar-refractivity contribution in [2.24, 2.45) is 0 Å². The van der Waals surface area contributed by atoms with Gasteiger partial charge < -0.3 is 4.42 Å². The molecule has 0 fully saturated rings. The van der Waals surface area contributed by atoms with Gasteiger partial charge >= 0.3 is 0 Å². The third kappa shape index (κ3) is 1.73. The highest BCUT2D eigenvalue weighted by atomic mass is 35.5. The number of allylic oxidation sites excluding steroid dienone is 1. The van der Waals surface area contributed by atoms with Crippen molar-refractivity contribution in [3.8, 4) is 0 Å². The molecule has 0 saturated heterocycles. The summed E-state index contributed by atoms with van der Waals surface area (Å²) >= 11 is 5.53. The largest absolute Gasteiger partial charge is 0.443 e. The van der Waals surface area contributed by atoms with Gasteiger partial charge in [-0.05, 0) is 17.7 Å². The Morgan fingerprint density at radius 1 is 1.46 bits per heavy atom. The molecule has 1 aromatic carbocycles. The summed E-state index contributed by atoms with van der Waals surface area (Å²) in [5, 5.41) is 0. The lowest BCUT2D eigenvalue weighted by molar-refractivity contribution is 0.602. The van der Waals surface area contributed by atoms with Gasteiger partial charge in [0, 0.05) is 5.88 Å². The highest BCUT2D eigenvalue weighted by molar-refractivity contribution is 6.19. The van der Waals surface area contributed by atoms with Gasteiger partial charge in [0.05, 0.1) is 0 Å². The second-order valence-corrected chi connectivity index (χ2v) is 2.94. The summed E-state index contributed by atoms with van der Waals surface area (Å²) in [6, 6.07) is 5.83. The number of benzene rings is 1. The van der Waals surface area contributed by atoms with Crippen LogP contribution in [0.4, 0.5) is 0 Å². The standard InChI is InChI=1S/C10H8ClNO/c11-5-1-2-8-3-4-10-9(6-8)12-7-13-10/h1-4,6-7H,5H2. The minimum Gasteiger partial charge on any atom is -0.443 e. The lowest BCUT2D eigenvalue weighted by Crippen LogP contribution is -1.73. The molecule has 13 heavy (non-hydrogen) atoms. The summed E-state index contributed by atoms with van der Waals surface area (Å²) in [5.41, 5.74) is 2.77. The fourth-order valence-corrected chi connectivity index (χ4v) is 1.25. The fraction of sp³-hybridized carbons (Fsp3) is 0.100. The number of hydrogen-bond acceptors (Lipinski definition) is 2. The molecule has 2 rings (SSSR count).